The van der Waals surface area contributed by atoms with E-state index in [1.54, 1.807) is 4.68 Å². The van der Waals surface area contributed by atoms with E-state index in [4.69, 9.17) is 0 Å². The zero-order valence-electron chi connectivity index (χ0n) is 14.3. The third kappa shape index (κ3) is 3.01. The molecule has 0 bridgehead atoms. The molecule has 1 aliphatic rings. The maximum atomic E-state index is 12.4. The van der Waals surface area contributed by atoms with Crippen LogP contribution in [0.2, 0.25) is 0 Å². The molecule has 3 rings (SSSR count). The van der Waals surface area contributed by atoms with E-state index in [0.29, 0.717) is 12.6 Å². The Kier molecular flexibility index (Phi) is 4.22. The van der Waals surface area contributed by atoms with E-state index in [9.17, 15) is 4.79 Å². The number of amides is 1. The number of benzene rings is 1. The Morgan fingerprint density at radius 2 is 2.13 bits per heavy atom. The molecule has 0 radical (unpaired) electrons. The SMILES string of the molecule is Cc1nn(C)c(C)c1NC(=O)CN(C)C1CCc2ccccc21. The maximum absolute atomic E-state index is 12.4. The topological polar surface area (TPSA) is 50.2 Å². The molecule has 1 unspecified atom stereocenters. The molecule has 1 aromatic heterocycles. The van der Waals surface area contributed by atoms with Crippen LogP contribution < -0.4 is 5.32 Å². The highest BCUT2D eigenvalue weighted by molar-refractivity contribution is 5.93. The van der Waals surface area contributed by atoms with Gasteiger partial charge in [-0.3, -0.25) is 14.4 Å². The Bertz CT molecular complexity index is 735. The van der Waals surface area contributed by atoms with Crippen molar-refractivity contribution in [3.05, 3.63) is 46.8 Å². The summed E-state index contributed by atoms with van der Waals surface area (Å²) >= 11 is 0. The molecule has 0 fully saturated rings. The Morgan fingerprint density at radius 1 is 1.39 bits per heavy atom. The van der Waals surface area contributed by atoms with Crippen LogP contribution in [0, 0.1) is 13.8 Å². The summed E-state index contributed by atoms with van der Waals surface area (Å²) in [6, 6.07) is 8.85. The predicted octanol–water partition coefficient (Wildman–Crippen LogP) is 2.59. The predicted molar refractivity (Wildman–Crippen MR) is 91.4 cm³/mol. The number of hydrogen-bond donors (Lipinski definition) is 1. The van der Waals surface area contributed by atoms with Crippen molar-refractivity contribution < 1.29 is 4.79 Å². The molecule has 5 heteroatoms. The smallest absolute Gasteiger partial charge is 0.238 e. The Labute approximate surface area is 137 Å². The summed E-state index contributed by atoms with van der Waals surface area (Å²) in [7, 11) is 3.91. The van der Waals surface area contributed by atoms with E-state index in [-0.39, 0.29) is 5.91 Å². The molecular weight excluding hydrogens is 288 g/mol. The highest BCUT2D eigenvalue weighted by atomic mass is 16.2. The van der Waals surface area contributed by atoms with Gasteiger partial charge in [0.1, 0.15) is 0 Å². The fraction of sp³-hybridized carbons (Fsp3) is 0.444. The van der Waals surface area contributed by atoms with Gasteiger partial charge < -0.3 is 5.32 Å². The number of anilines is 1. The van der Waals surface area contributed by atoms with Crippen LogP contribution >= 0.6 is 0 Å². The van der Waals surface area contributed by atoms with Gasteiger partial charge in [-0.1, -0.05) is 24.3 Å². The van der Waals surface area contributed by atoms with Crippen LogP contribution in [0.1, 0.15) is 35.0 Å². The van der Waals surface area contributed by atoms with Crippen LogP contribution in [0.3, 0.4) is 0 Å². The molecule has 5 nitrogen and oxygen atoms in total. The summed E-state index contributed by atoms with van der Waals surface area (Å²) in [5.74, 6) is 0.0103. The van der Waals surface area contributed by atoms with Crippen molar-refractivity contribution in [3.63, 3.8) is 0 Å². The van der Waals surface area contributed by atoms with Crippen LogP contribution in [0.15, 0.2) is 24.3 Å². The lowest BCUT2D eigenvalue weighted by Crippen LogP contribution is -2.32. The molecule has 0 saturated carbocycles. The van der Waals surface area contributed by atoms with Gasteiger partial charge in [-0.2, -0.15) is 5.10 Å². The first-order valence-corrected chi connectivity index (χ1v) is 8.05. The van der Waals surface area contributed by atoms with E-state index in [0.717, 1.165) is 29.9 Å². The number of aryl methyl sites for hydroxylation is 3. The van der Waals surface area contributed by atoms with Gasteiger partial charge in [-0.15, -0.1) is 0 Å². The largest absolute Gasteiger partial charge is 0.322 e. The Hall–Kier alpha value is -2.14. The summed E-state index contributed by atoms with van der Waals surface area (Å²) in [6.45, 7) is 4.26. The van der Waals surface area contributed by atoms with Gasteiger partial charge in [0.15, 0.2) is 0 Å². The number of fused-ring (bicyclic) bond motifs is 1. The molecule has 1 amide bonds. The van der Waals surface area contributed by atoms with Crippen molar-refractivity contribution in [2.75, 3.05) is 18.9 Å². The molecule has 0 saturated heterocycles. The lowest BCUT2D eigenvalue weighted by atomic mass is 10.1. The first-order chi connectivity index (χ1) is 11.0. The number of nitrogens with zero attached hydrogens (tertiary/aromatic N) is 3. The van der Waals surface area contributed by atoms with Gasteiger partial charge in [0, 0.05) is 13.1 Å². The maximum Gasteiger partial charge on any atom is 0.238 e. The average molecular weight is 312 g/mol. The lowest BCUT2D eigenvalue weighted by Gasteiger charge is -2.24. The second kappa shape index (κ2) is 6.16. The summed E-state index contributed by atoms with van der Waals surface area (Å²) in [4.78, 5) is 14.6. The average Bonchev–Trinajstić information content (AvgIpc) is 3.04. The standard InChI is InChI=1S/C18H24N4O/c1-12-18(13(2)22(4)20-12)19-17(23)11-21(3)16-10-9-14-7-5-6-8-15(14)16/h5-8,16H,9-11H2,1-4H3,(H,19,23). The van der Waals surface area contributed by atoms with Crippen LogP contribution in [0.25, 0.3) is 0 Å². The van der Waals surface area contributed by atoms with Crippen molar-refractivity contribution in [2.45, 2.75) is 32.7 Å². The number of nitrogens with one attached hydrogen (secondary N) is 1. The summed E-state index contributed by atoms with van der Waals surface area (Å²) in [6.07, 6.45) is 2.17. The fourth-order valence-electron chi connectivity index (χ4n) is 3.46. The van der Waals surface area contributed by atoms with E-state index < -0.39 is 0 Å². The molecule has 1 atom stereocenters. The molecule has 1 aliphatic carbocycles. The van der Waals surface area contributed by atoms with Crippen LogP contribution in [0.5, 0.6) is 0 Å². The zero-order chi connectivity index (χ0) is 16.6. The van der Waals surface area contributed by atoms with Gasteiger partial charge in [-0.25, -0.2) is 0 Å². The number of rotatable bonds is 4. The molecule has 1 heterocycles. The van der Waals surface area contributed by atoms with Crippen molar-refractivity contribution in [1.82, 2.24) is 14.7 Å². The zero-order valence-corrected chi connectivity index (χ0v) is 14.3. The van der Waals surface area contributed by atoms with E-state index in [1.807, 2.05) is 27.9 Å². The Morgan fingerprint density at radius 3 is 2.83 bits per heavy atom. The van der Waals surface area contributed by atoms with Gasteiger partial charge in [0.05, 0.1) is 23.6 Å². The Balaban J connectivity index is 1.67. The van der Waals surface area contributed by atoms with Gasteiger partial charge in [0.25, 0.3) is 0 Å². The molecule has 1 aromatic carbocycles. The third-order valence-corrected chi connectivity index (χ3v) is 4.80. The molecule has 23 heavy (non-hydrogen) atoms. The first-order valence-electron chi connectivity index (χ1n) is 8.05. The lowest BCUT2D eigenvalue weighted by molar-refractivity contribution is -0.117. The molecule has 0 aliphatic heterocycles. The number of likely N-dealkylation sites (N-methyl/N-ethyl adjacent to an activating group) is 1. The summed E-state index contributed by atoms with van der Waals surface area (Å²) in [5, 5.41) is 7.35. The molecule has 122 valence electrons. The van der Waals surface area contributed by atoms with Crippen LogP contribution in [0.4, 0.5) is 5.69 Å². The van der Waals surface area contributed by atoms with E-state index >= 15 is 0 Å². The molecule has 1 N–H and O–H groups in total. The number of aromatic nitrogens is 2. The third-order valence-electron chi connectivity index (χ3n) is 4.80. The van der Waals surface area contributed by atoms with Gasteiger partial charge >= 0.3 is 0 Å². The molecule has 2 aromatic rings. The highest BCUT2D eigenvalue weighted by Crippen LogP contribution is 2.34. The first kappa shape index (κ1) is 15.7. The minimum absolute atomic E-state index is 0.0103. The quantitative estimate of drug-likeness (QED) is 0.944. The van der Waals surface area contributed by atoms with Gasteiger partial charge in [0.2, 0.25) is 5.91 Å². The molecular formula is C18H24N4O. The fourth-order valence-corrected chi connectivity index (χ4v) is 3.46. The van der Waals surface area contributed by atoms with Crippen LogP contribution in [-0.4, -0.2) is 34.2 Å². The van der Waals surface area contributed by atoms with Crippen molar-refractivity contribution >= 4 is 11.6 Å². The van der Waals surface area contributed by atoms with E-state index in [2.05, 4.69) is 39.6 Å². The second-order valence-corrected chi connectivity index (χ2v) is 6.39. The number of carbonyl (C=O) groups is 1. The minimum atomic E-state index is 0.0103. The van der Waals surface area contributed by atoms with Crippen molar-refractivity contribution in [3.8, 4) is 0 Å². The summed E-state index contributed by atoms with van der Waals surface area (Å²) < 4.78 is 1.79. The number of carbonyl (C=O) groups excluding carboxylic acids is 1. The van der Waals surface area contributed by atoms with Crippen molar-refractivity contribution in [1.29, 1.82) is 0 Å². The van der Waals surface area contributed by atoms with Crippen LogP contribution in [-0.2, 0) is 18.3 Å². The highest BCUT2D eigenvalue weighted by Gasteiger charge is 2.26. The minimum Gasteiger partial charge on any atom is -0.322 e. The summed E-state index contributed by atoms with van der Waals surface area (Å²) in [5.41, 5.74) is 5.43. The second-order valence-electron chi connectivity index (χ2n) is 6.39. The van der Waals surface area contributed by atoms with Gasteiger partial charge in [-0.05, 0) is 44.9 Å². The normalized spacial score (nSPS) is 16.7. The van der Waals surface area contributed by atoms with Crippen molar-refractivity contribution in [2.24, 2.45) is 7.05 Å². The molecule has 0 spiro atoms. The number of hydrogen-bond acceptors (Lipinski definition) is 3. The monoisotopic (exact) mass is 312 g/mol. The van der Waals surface area contributed by atoms with E-state index in [1.165, 1.54) is 11.1 Å².